The molecule has 0 fully saturated rings. The van der Waals surface area contributed by atoms with Crippen LogP contribution in [0.3, 0.4) is 0 Å². The molecule has 2 aromatic rings. The van der Waals surface area contributed by atoms with Crippen LogP contribution < -0.4 is 4.46 Å². The van der Waals surface area contributed by atoms with E-state index in [0.29, 0.717) is 15.0 Å². The van der Waals surface area contributed by atoms with E-state index in [0.717, 1.165) is 10.9 Å². The van der Waals surface area contributed by atoms with Crippen molar-refractivity contribution in [1.82, 2.24) is 0 Å². The van der Waals surface area contributed by atoms with Crippen LogP contribution in [-0.4, -0.2) is 19.9 Å². The molecule has 0 bridgehead atoms. The van der Waals surface area contributed by atoms with Gasteiger partial charge in [-0.15, -0.1) is 0 Å². The Morgan fingerprint density at radius 1 is 1.11 bits per heavy atom. The Balaban J connectivity index is 1.96. The van der Waals surface area contributed by atoms with Crippen LogP contribution in [0, 0.1) is 10.1 Å². The molecule has 3 nitrogen and oxygen atoms in total. The summed E-state index contributed by atoms with van der Waals surface area (Å²) in [5, 5.41) is 11.6. The molecule has 0 saturated heterocycles. The summed E-state index contributed by atoms with van der Waals surface area (Å²) < 4.78 is 1.36. The summed E-state index contributed by atoms with van der Waals surface area (Å²) in [5.74, 6) is 0. The van der Waals surface area contributed by atoms with Gasteiger partial charge in [0.1, 0.15) is 0 Å². The van der Waals surface area contributed by atoms with Crippen LogP contribution in [0.15, 0.2) is 54.6 Å². The normalized spacial score (nSPS) is 12.1. The van der Waals surface area contributed by atoms with E-state index in [2.05, 4.69) is 28.1 Å². The van der Waals surface area contributed by atoms with E-state index in [-0.39, 0.29) is 15.4 Å². The zero-order valence-corrected chi connectivity index (χ0v) is 13.3. The van der Waals surface area contributed by atoms with Gasteiger partial charge >= 0.3 is 126 Å². The van der Waals surface area contributed by atoms with Gasteiger partial charge in [0.2, 0.25) is 0 Å². The fraction of sp³-hybridized carbons (Fsp3) is 0.143. The zero-order valence-electron chi connectivity index (χ0n) is 10.0. The summed E-state index contributed by atoms with van der Waals surface area (Å²) in [6.45, 7) is 0. The molecule has 0 aliphatic rings. The first-order chi connectivity index (χ1) is 9.16. The number of nitro benzene ring substituents is 1. The van der Waals surface area contributed by atoms with E-state index in [9.17, 15) is 10.1 Å². The molecular formula is C14H12BrNO2Se. The molecule has 2 aromatic carbocycles. The van der Waals surface area contributed by atoms with Crippen LogP contribution in [0.25, 0.3) is 0 Å². The van der Waals surface area contributed by atoms with Gasteiger partial charge in [0, 0.05) is 0 Å². The van der Waals surface area contributed by atoms with Crippen LogP contribution in [0.1, 0.15) is 10.4 Å². The number of nitrogens with zero attached hydrogens (tertiary/aromatic N) is 1. The van der Waals surface area contributed by atoms with Crippen LogP contribution in [0.4, 0.5) is 5.69 Å². The van der Waals surface area contributed by atoms with E-state index in [1.54, 1.807) is 12.1 Å². The molecule has 2 rings (SSSR count). The van der Waals surface area contributed by atoms with Crippen molar-refractivity contribution in [2.75, 3.05) is 0 Å². The standard InChI is InChI=1S/C14H12BrNO2Se/c15-14(10-19-13-4-2-1-3-5-13)11-6-8-12(9-7-11)16(17)18/h1-9,14H,10H2. The number of hydrogen-bond acceptors (Lipinski definition) is 2. The van der Waals surface area contributed by atoms with E-state index >= 15 is 0 Å². The number of nitro groups is 1. The van der Waals surface area contributed by atoms with Crippen LogP contribution in [0.2, 0.25) is 5.32 Å². The second-order valence-electron chi connectivity index (χ2n) is 3.94. The zero-order chi connectivity index (χ0) is 13.7. The SMILES string of the molecule is O=[N+]([O-])c1ccc(C(Br)C[Se]c2ccccc2)cc1. The molecule has 0 radical (unpaired) electrons. The van der Waals surface area contributed by atoms with E-state index in [4.69, 9.17) is 0 Å². The quantitative estimate of drug-likeness (QED) is 0.342. The van der Waals surface area contributed by atoms with Gasteiger partial charge in [-0.1, -0.05) is 0 Å². The van der Waals surface area contributed by atoms with Gasteiger partial charge in [-0.25, -0.2) is 0 Å². The Labute approximate surface area is 126 Å². The van der Waals surface area contributed by atoms with Crippen molar-refractivity contribution in [3.63, 3.8) is 0 Å². The third-order valence-corrected chi connectivity index (χ3v) is 6.74. The average molecular weight is 385 g/mol. The van der Waals surface area contributed by atoms with Crippen LogP contribution in [0.5, 0.6) is 0 Å². The topological polar surface area (TPSA) is 43.1 Å². The van der Waals surface area contributed by atoms with Crippen LogP contribution >= 0.6 is 15.9 Å². The van der Waals surface area contributed by atoms with Crippen LogP contribution in [-0.2, 0) is 0 Å². The Bertz CT molecular complexity index is 545. The van der Waals surface area contributed by atoms with Crippen molar-refractivity contribution in [1.29, 1.82) is 0 Å². The molecule has 0 saturated carbocycles. The summed E-state index contributed by atoms with van der Waals surface area (Å²) >= 11 is 4.05. The number of benzene rings is 2. The van der Waals surface area contributed by atoms with Gasteiger partial charge in [-0.2, -0.15) is 0 Å². The van der Waals surface area contributed by atoms with Gasteiger partial charge in [-0.05, 0) is 0 Å². The fourth-order valence-corrected chi connectivity index (χ4v) is 4.43. The molecule has 0 amide bonds. The molecular weight excluding hydrogens is 373 g/mol. The fourth-order valence-electron chi connectivity index (χ4n) is 1.59. The summed E-state index contributed by atoms with van der Waals surface area (Å²) in [5.41, 5.74) is 1.22. The van der Waals surface area contributed by atoms with Crippen molar-refractivity contribution >= 4 is 41.0 Å². The van der Waals surface area contributed by atoms with Crippen molar-refractivity contribution in [3.05, 3.63) is 70.3 Å². The van der Waals surface area contributed by atoms with Gasteiger partial charge in [-0.3, -0.25) is 0 Å². The third kappa shape index (κ3) is 4.16. The molecule has 98 valence electrons. The number of non-ortho nitro benzene ring substituents is 1. The molecule has 1 unspecified atom stereocenters. The molecule has 0 N–H and O–H groups in total. The van der Waals surface area contributed by atoms with E-state index < -0.39 is 0 Å². The Hall–Kier alpha value is -1.16. The summed E-state index contributed by atoms with van der Waals surface area (Å²) in [7, 11) is 0. The van der Waals surface area contributed by atoms with E-state index in [1.165, 1.54) is 4.46 Å². The molecule has 0 aliphatic heterocycles. The summed E-state index contributed by atoms with van der Waals surface area (Å²) in [4.78, 5) is 10.5. The average Bonchev–Trinajstić information content (AvgIpc) is 2.46. The van der Waals surface area contributed by atoms with Crippen molar-refractivity contribution in [2.45, 2.75) is 10.1 Å². The third-order valence-electron chi connectivity index (χ3n) is 2.61. The first-order valence-electron chi connectivity index (χ1n) is 5.73. The Kier molecular flexibility index (Phi) is 5.14. The predicted molar refractivity (Wildman–Crippen MR) is 81.4 cm³/mol. The minimum atomic E-state index is -0.374. The second-order valence-corrected chi connectivity index (χ2v) is 7.34. The Morgan fingerprint density at radius 3 is 2.32 bits per heavy atom. The Morgan fingerprint density at radius 2 is 1.74 bits per heavy atom. The molecule has 1 atom stereocenters. The van der Waals surface area contributed by atoms with Gasteiger partial charge < -0.3 is 0 Å². The van der Waals surface area contributed by atoms with E-state index in [1.807, 2.05) is 30.3 Å². The van der Waals surface area contributed by atoms with Crippen molar-refractivity contribution in [2.24, 2.45) is 0 Å². The summed E-state index contributed by atoms with van der Waals surface area (Å²) in [6, 6.07) is 17.1. The number of alkyl halides is 1. The molecule has 5 heteroatoms. The first kappa shape index (κ1) is 14.3. The molecule has 0 aliphatic carbocycles. The minimum absolute atomic E-state index is 0.136. The monoisotopic (exact) mass is 385 g/mol. The predicted octanol–water partition coefficient (Wildman–Crippen LogP) is 3.48. The maximum atomic E-state index is 10.6. The van der Waals surface area contributed by atoms with Gasteiger partial charge in [0.25, 0.3) is 0 Å². The molecule has 0 spiro atoms. The second kappa shape index (κ2) is 6.85. The molecule has 0 aromatic heterocycles. The number of hydrogen-bond donors (Lipinski definition) is 0. The summed E-state index contributed by atoms with van der Waals surface area (Å²) in [6.07, 6.45) is 0. The van der Waals surface area contributed by atoms with Crippen molar-refractivity contribution in [3.8, 4) is 0 Å². The molecule has 19 heavy (non-hydrogen) atoms. The number of rotatable bonds is 5. The number of halogens is 1. The maximum absolute atomic E-state index is 10.6. The first-order valence-corrected chi connectivity index (χ1v) is 8.71. The van der Waals surface area contributed by atoms with Gasteiger partial charge in [0.15, 0.2) is 0 Å². The van der Waals surface area contributed by atoms with Gasteiger partial charge in [0.05, 0.1) is 0 Å². The van der Waals surface area contributed by atoms with Crippen molar-refractivity contribution < 1.29 is 4.92 Å². The molecule has 0 heterocycles.